The molecule has 0 saturated carbocycles. The van der Waals surface area contributed by atoms with E-state index in [4.69, 9.17) is 4.74 Å². The molecule has 1 aliphatic rings. The molecule has 1 N–H and O–H groups in total. The molecule has 1 heterocycles. The predicted molar refractivity (Wildman–Crippen MR) is 102 cm³/mol. The molecular weight excluding hydrogens is 344 g/mol. The van der Waals surface area contributed by atoms with Gasteiger partial charge in [0.15, 0.2) is 0 Å². The summed E-state index contributed by atoms with van der Waals surface area (Å²) in [6, 6.07) is 10.1. The van der Waals surface area contributed by atoms with Gasteiger partial charge in [-0.05, 0) is 49.2 Å². The predicted octanol–water partition coefficient (Wildman–Crippen LogP) is 3.65. The Bertz CT molecular complexity index is 920. The minimum atomic E-state index is -0.367. The fourth-order valence-corrected chi connectivity index (χ4v) is 3.07. The van der Waals surface area contributed by atoms with E-state index >= 15 is 0 Å². The highest BCUT2D eigenvalue weighted by molar-refractivity contribution is 6.22. The summed E-state index contributed by atoms with van der Waals surface area (Å²) in [4.78, 5) is 38.8. The summed E-state index contributed by atoms with van der Waals surface area (Å²) >= 11 is 0. The molecule has 2 aromatic carbocycles. The SMILES string of the molecule is CCCCN1C(=O)c2ccc(C(=O)Nc3cc(C)ccc3OC)cc2C1=O. The van der Waals surface area contributed by atoms with E-state index in [0.717, 1.165) is 18.4 Å². The number of fused-ring (bicyclic) bond motifs is 1. The highest BCUT2D eigenvalue weighted by Gasteiger charge is 2.35. The Morgan fingerprint density at radius 2 is 1.81 bits per heavy atom. The van der Waals surface area contributed by atoms with Gasteiger partial charge < -0.3 is 10.1 Å². The highest BCUT2D eigenvalue weighted by Crippen LogP contribution is 2.27. The van der Waals surface area contributed by atoms with Gasteiger partial charge in [-0.2, -0.15) is 0 Å². The summed E-state index contributed by atoms with van der Waals surface area (Å²) in [6.07, 6.45) is 1.64. The largest absolute Gasteiger partial charge is 0.495 e. The number of imide groups is 1. The number of nitrogens with one attached hydrogen (secondary N) is 1. The molecule has 0 aromatic heterocycles. The number of rotatable bonds is 6. The van der Waals surface area contributed by atoms with Crippen molar-refractivity contribution in [1.29, 1.82) is 0 Å². The van der Waals surface area contributed by atoms with E-state index in [1.54, 1.807) is 18.2 Å². The summed E-state index contributed by atoms with van der Waals surface area (Å²) in [5.41, 5.74) is 2.47. The number of ether oxygens (including phenoxy) is 1. The number of anilines is 1. The Morgan fingerprint density at radius 3 is 2.52 bits per heavy atom. The molecule has 1 aliphatic heterocycles. The topological polar surface area (TPSA) is 75.7 Å². The number of carbonyl (C=O) groups is 3. The van der Waals surface area contributed by atoms with Crippen LogP contribution >= 0.6 is 0 Å². The van der Waals surface area contributed by atoms with Crippen molar-refractivity contribution in [3.05, 3.63) is 58.7 Å². The van der Waals surface area contributed by atoms with Crippen LogP contribution in [0.2, 0.25) is 0 Å². The minimum Gasteiger partial charge on any atom is -0.495 e. The minimum absolute atomic E-state index is 0.278. The molecule has 140 valence electrons. The van der Waals surface area contributed by atoms with Gasteiger partial charge in [-0.15, -0.1) is 0 Å². The molecule has 0 fully saturated rings. The first kappa shape index (κ1) is 18.6. The van der Waals surface area contributed by atoms with Crippen LogP contribution in [0, 0.1) is 6.92 Å². The van der Waals surface area contributed by atoms with Gasteiger partial charge in [-0.3, -0.25) is 19.3 Å². The normalized spacial score (nSPS) is 12.9. The van der Waals surface area contributed by atoms with E-state index in [9.17, 15) is 14.4 Å². The first-order chi connectivity index (χ1) is 13.0. The summed E-state index contributed by atoms with van der Waals surface area (Å²) in [5, 5.41) is 2.81. The molecule has 0 unspecified atom stereocenters. The summed E-state index contributed by atoms with van der Waals surface area (Å²) in [6.45, 7) is 4.31. The lowest BCUT2D eigenvalue weighted by atomic mass is 10.1. The smallest absolute Gasteiger partial charge is 0.261 e. The molecule has 0 aliphatic carbocycles. The third kappa shape index (κ3) is 3.56. The van der Waals surface area contributed by atoms with Crippen molar-refractivity contribution in [3.8, 4) is 5.75 Å². The average Bonchev–Trinajstić information content (AvgIpc) is 2.90. The van der Waals surface area contributed by atoms with E-state index in [1.165, 1.54) is 18.1 Å². The van der Waals surface area contributed by atoms with Gasteiger partial charge in [0.1, 0.15) is 5.75 Å². The summed E-state index contributed by atoms with van der Waals surface area (Å²) in [5.74, 6) is -0.456. The van der Waals surface area contributed by atoms with E-state index < -0.39 is 0 Å². The molecule has 6 heteroatoms. The molecule has 0 atom stereocenters. The molecule has 0 spiro atoms. The fraction of sp³-hybridized carbons (Fsp3) is 0.286. The number of hydrogen-bond donors (Lipinski definition) is 1. The van der Waals surface area contributed by atoms with Crippen molar-refractivity contribution in [2.24, 2.45) is 0 Å². The maximum Gasteiger partial charge on any atom is 0.261 e. The van der Waals surface area contributed by atoms with Gasteiger partial charge >= 0.3 is 0 Å². The number of nitrogens with zero attached hydrogens (tertiary/aromatic N) is 1. The Kier molecular flexibility index (Phi) is 5.26. The zero-order valence-electron chi connectivity index (χ0n) is 15.7. The first-order valence-electron chi connectivity index (χ1n) is 8.92. The monoisotopic (exact) mass is 366 g/mol. The number of unbranched alkanes of at least 4 members (excludes halogenated alkanes) is 1. The van der Waals surface area contributed by atoms with Crippen LogP contribution in [0.4, 0.5) is 5.69 Å². The molecule has 0 bridgehead atoms. The number of hydrogen-bond acceptors (Lipinski definition) is 4. The molecule has 27 heavy (non-hydrogen) atoms. The lowest BCUT2D eigenvalue weighted by Crippen LogP contribution is -2.30. The third-order valence-electron chi connectivity index (χ3n) is 4.57. The van der Waals surface area contributed by atoms with Crippen molar-refractivity contribution >= 4 is 23.4 Å². The van der Waals surface area contributed by atoms with E-state index in [-0.39, 0.29) is 23.3 Å². The van der Waals surface area contributed by atoms with Gasteiger partial charge in [0.05, 0.1) is 23.9 Å². The fourth-order valence-electron chi connectivity index (χ4n) is 3.07. The van der Waals surface area contributed by atoms with Crippen LogP contribution in [0.5, 0.6) is 5.75 Å². The first-order valence-corrected chi connectivity index (χ1v) is 8.92. The highest BCUT2D eigenvalue weighted by atomic mass is 16.5. The molecular formula is C21H22N2O4. The third-order valence-corrected chi connectivity index (χ3v) is 4.57. The lowest BCUT2D eigenvalue weighted by molar-refractivity contribution is 0.0652. The Morgan fingerprint density at radius 1 is 1.07 bits per heavy atom. The van der Waals surface area contributed by atoms with Gasteiger partial charge in [0.25, 0.3) is 17.7 Å². The van der Waals surface area contributed by atoms with Crippen LogP contribution in [0.25, 0.3) is 0 Å². The number of amides is 3. The van der Waals surface area contributed by atoms with E-state index in [1.807, 2.05) is 26.0 Å². The van der Waals surface area contributed by atoms with E-state index in [0.29, 0.717) is 29.1 Å². The van der Waals surface area contributed by atoms with Gasteiger partial charge in [0.2, 0.25) is 0 Å². The molecule has 3 rings (SSSR count). The van der Waals surface area contributed by atoms with Crippen molar-refractivity contribution in [3.63, 3.8) is 0 Å². The van der Waals surface area contributed by atoms with Crippen LogP contribution in [0.15, 0.2) is 36.4 Å². The number of methoxy groups -OCH3 is 1. The van der Waals surface area contributed by atoms with Crippen molar-refractivity contribution < 1.29 is 19.1 Å². The molecule has 3 amide bonds. The van der Waals surface area contributed by atoms with E-state index in [2.05, 4.69) is 5.32 Å². The average molecular weight is 366 g/mol. The molecule has 2 aromatic rings. The Balaban J connectivity index is 1.85. The molecule has 0 radical (unpaired) electrons. The van der Waals surface area contributed by atoms with Crippen LogP contribution < -0.4 is 10.1 Å². The number of carbonyl (C=O) groups excluding carboxylic acids is 3. The number of benzene rings is 2. The van der Waals surface area contributed by atoms with Gasteiger partial charge in [0, 0.05) is 12.1 Å². The zero-order valence-corrected chi connectivity index (χ0v) is 15.7. The lowest BCUT2D eigenvalue weighted by Gasteiger charge is -2.12. The van der Waals surface area contributed by atoms with Crippen LogP contribution in [-0.4, -0.2) is 36.3 Å². The second kappa shape index (κ2) is 7.61. The van der Waals surface area contributed by atoms with Crippen LogP contribution in [0.3, 0.4) is 0 Å². The van der Waals surface area contributed by atoms with Gasteiger partial charge in [-0.25, -0.2) is 0 Å². The van der Waals surface area contributed by atoms with Gasteiger partial charge in [-0.1, -0.05) is 19.4 Å². The quantitative estimate of drug-likeness (QED) is 0.792. The molecule has 0 saturated heterocycles. The van der Waals surface area contributed by atoms with Crippen molar-refractivity contribution in [2.45, 2.75) is 26.7 Å². The summed E-state index contributed by atoms with van der Waals surface area (Å²) in [7, 11) is 1.53. The second-order valence-corrected chi connectivity index (χ2v) is 6.53. The molecule has 6 nitrogen and oxygen atoms in total. The van der Waals surface area contributed by atoms with Crippen molar-refractivity contribution in [2.75, 3.05) is 19.0 Å². The summed E-state index contributed by atoms with van der Waals surface area (Å²) < 4.78 is 5.27. The van der Waals surface area contributed by atoms with Crippen LogP contribution in [-0.2, 0) is 0 Å². The number of aryl methyl sites for hydroxylation is 1. The maximum atomic E-state index is 12.7. The Hall–Kier alpha value is -3.15. The Labute approximate surface area is 158 Å². The maximum absolute atomic E-state index is 12.7. The van der Waals surface area contributed by atoms with Crippen molar-refractivity contribution in [1.82, 2.24) is 4.90 Å². The van der Waals surface area contributed by atoms with Crippen LogP contribution in [0.1, 0.15) is 56.4 Å². The standard InChI is InChI=1S/C21H22N2O4/c1-4-5-10-23-20(25)15-8-7-14(12-16(15)21(23)26)19(24)22-17-11-13(2)6-9-18(17)27-3/h6-9,11-12H,4-5,10H2,1-3H3,(H,22,24). The second-order valence-electron chi connectivity index (χ2n) is 6.53. The zero-order chi connectivity index (χ0) is 19.6.